The molecule has 1 aromatic heterocycles. The standard InChI is InChI=1S/C6H11N5/c1-4-3-5(2)11(10-4)6(7)9-8/h3H,8H2,1-2H3,(H2,7,9). The SMILES string of the molecule is Cc1cc(C)n(/C(N)=N/N)n1. The van der Waals surface area contributed by atoms with E-state index in [1.807, 2.05) is 19.9 Å². The van der Waals surface area contributed by atoms with Crippen molar-refractivity contribution in [1.29, 1.82) is 0 Å². The molecule has 0 aliphatic heterocycles. The molecule has 0 aliphatic rings. The van der Waals surface area contributed by atoms with Gasteiger partial charge in [0.1, 0.15) is 0 Å². The molecule has 1 heterocycles. The Morgan fingerprint density at radius 2 is 2.27 bits per heavy atom. The van der Waals surface area contributed by atoms with Crippen LogP contribution in [0.5, 0.6) is 0 Å². The van der Waals surface area contributed by atoms with Gasteiger partial charge in [0.05, 0.1) is 5.69 Å². The molecule has 0 radical (unpaired) electrons. The first-order valence-electron chi connectivity index (χ1n) is 3.22. The van der Waals surface area contributed by atoms with Crippen molar-refractivity contribution in [1.82, 2.24) is 9.78 Å². The second-order valence-corrected chi connectivity index (χ2v) is 2.33. The molecule has 60 valence electrons. The summed E-state index contributed by atoms with van der Waals surface area (Å²) in [7, 11) is 0. The number of hydrogen-bond donors (Lipinski definition) is 2. The molecular formula is C6H11N5. The summed E-state index contributed by atoms with van der Waals surface area (Å²) in [4.78, 5) is 0. The van der Waals surface area contributed by atoms with Gasteiger partial charge in [0.25, 0.3) is 0 Å². The van der Waals surface area contributed by atoms with Crippen LogP contribution in [0.2, 0.25) is 0 Å². The fourth-order valence-electron chi connectivity index (χ4n) is 0.916. The van der Waals surface area contributed by atoms with E-state index in [2.05, 4.69) is 10.2 Å². The lowest BCUT2D eigenvalue weighted by Crippen LogP contribution is -2.26. The molecule has 0 aromatic carbocycles. The van der Waals surface area contributed by atoms with Crippen LogP contribution in [0.15, 0.2) is 11.2 Å². The molecule has 1 aromatic rings. The van der Waals surface area contributed by atoms with Crippen LogP contribution in [0.1, 0.15) is 11.4 Å². The number of aromatic nitrogens is 2. The summed E-state index contributed by atoms with van der Waals surface area (Å²) in [5.41, 5.74) is 7.26. The first-order chi connectivity index (χ1) is 5.15. The second kappa shape index (κ2) is 2.61. The maximum Gasteiger partial charge on any atom is 0.238 e. The third-order valence-corrected chi connectivity index (χ3v) is 1.36. The average Bonchev–Trinajstić information content (AvgIpc) is 2.28. The molecule has 1 rings (SSSR count). The predicted octanol–water partition coefficient (Wildman–Crippen LogP) is -0.464. The second-order valence-electron chi connectivity index (χ2n) is 2.33. The molecule has 0 saturated heterocycles. The zero-order chi connectivity index (χ0) is 8.43. The van der Waals surface area contributed by atoms with Crippen LogP contribution in [0.4, 0.5) is 0 Å². The Hall–Kier alpha value is -1.52. The summed E-state index contributed by atoms with van der Waals surface area (Å²) in [6.07, 6.45) is 0. The van der Waals surface area contributed by atoms with Crippen LogP contribution in [-0.4, -0.2) is 15.7 Å². The Kier molecular flexibility index (Phi) is 1.80. The lowest BCUT2D eigenvalue weighted by Gasteiger charge is -1.99. The van der Waals surface area contributed by atoms with E-state index in [-0.39, 0.29) is 5.96 Å². The maximum atomic E-state index is 5.43. The van der Waals surface area contributed by atoms with Crippen molar-refractivity contribution in [3.63, 3.8) is 0 Å². The Balaban J connectivity index is 3.13. The van der Waals surface area contributed by atoms with Gasteiger partial charge in [0.2, 0.25) is 5.96 Å². The van der Waals surface area contributed by atoms with Crippen LogP contribution in [0.25, 0.3) is 0 Å². The maximum absolute atomic E-state index is 5.43. The van der Waals surface area contributed by atoms with Crippen LogP contribution in [-0.2, 0) is 0 Å². The highest BCUT2D eigenvalue weighted by Gasteiger charge is 2.02. The van der Waals surface area contributed by atoms with Gasteiger partial charge >= 0.3 is 0 Å². The summed E-state index contributed by atoms with van der Waals surface area (Å²) in [5, 5.41) is 7.39. The number of rotatable bonds is 0. The van der Waals surface area contributed by atoms with Crippen LogP contribution in [0, 0.1) is 13.8 Å². The molecule has 0 fully saturated rings. The van der Waals surface area contributed by atoms with E-state index in [1.165, 1.54) is 4.68 Å². The highest BCUT2D eigenvalue weighted by Crippen LogP contribution is 1.99. The first kappa shape index (κ1) is 7.59. The molecule has 0 spiro atoms. The van der Waals surface area contributed by atoms with Crippen molar-refractivity contribution < 1.29 is 0 Å². The summed E-state index contributed by atoms with van der Waals surface area (Å²) in [6.45, 7) is 3.77. The Morgan fingerprint density at radius 3 is 2.64 bits per heavy atom. The monoisotopic (exact) mass is 153 g/mol. The molecule has 0 amide bonds. The Bertz CT molecular complexity index is 285. The van der Waals surface area contributed by atoms with Crippen LogP contribution < -0.4 is 11.6 Å². The van der Waals surface area contributed by atoms with Gasteiger partial charge in [0.15, 0.2) is 0 Å². The fraction of sp³-hybridized carbons (Fsp3) is 0.333. The zero-order valence-electron chi connectivity index (χ0n) is 6.57. The zero-order valence-corrected chi connectivity index (χ0v) is 6.57. The van der Waals surface area contributed by atoms with E-state index in [1.54, 1.807) is 0 Å². The molecule has 0 atom stereocenters. The minimum absolute atomic E-state index is 0.204. The number of hydrogen-bond acceptors (Lipinski definition) is 3. The highest BCUT2D eigenvalue weighted by atomic mass is 15.4. The van der Waals surface area contributed by atoms with E-state index in [9.17, 15) is 0 Å². The van der Waals surface area contributed by atoms with Crippen molar-refractivity contribution in [2.24, 2.45) is 16.7 Å². The molecule has 5 nitrogen and oxygen atoms in total. The van der Waals surface area contributed by atoms with Crippen LogP contribution in [0.3, 0.4) is 0 Å². The van der Waals surface area contributed by atoms with Gasteiger partial charge in [-0.25, -0.2) is 4.68 Å². The third kappa shape index (κ3) is 1.31. The van der Waals surface area contributed by atoms with Gasteiger partial charge in [0, 0.05) is 5.69 Å². The van der Waals surface area contributed by atoms with Gasteiger partial charge in [-0.1, -0.05) is 0 Å². The van der Waals surface area contributed by atoms with Gasteiger partial charge < -0.3 is 11.6 Å². The first-order valence-corrected chi connectivity index (χ1v) is 3.22. The largest absolute Gasteiger partial charge is 0.367 e. The number of hydrazone groups is 1. The van der Waals surface area contributed by atoms with E-state index < -0.39 is 0 Å². The van der Waals surface area contributed by atoms with Crippen molar-refractivity contribution in [3.8, 4) is 0 Å². The summed E-state index contributed by atoms with van der Waals surface area (Å²) in [5.74, 6) is 5.19. The van der Waals surface area contributed by atoms with Gasteiger partial charge in [-0.05, 0) is 19.9 Å². The summed E-state index contributed by atoms with van der Waals surface area (Å²) < 4.78 is 1.50. The minimum atomic E-state index is 0.204. The molecule has 11 heavy (non-hydrogen) atoms. The van der Waals surface area contributed by atoms with Crippen molar-refractivity contribution in [3.05, 3.63) is 17.5 Å². The lowest BCUT2D eigenvalue weighted by atomic mass is 10.4. The number of aryl methyl sites for hydroxylation is 2. The summed E-state index contributed by atoms with van der Waals surface area (Å²) >= 11 is 0. The molecule has 0 bridgehead atoms. The smallest absolute Gasteiger partial charge is 0.238 e. The van der Waals surface area contributed by atoms with Crippen LogP contribution >= 0.6 is 0 Å². The van der Waals surface area contributed by atoms with E-state index >= 15 is 0 Å². The average molecular weight is 153 g/mol. The normalized spacial score (nSPS) is 12.0. The molecule has 5 heteroatoms. The Morgan fingerprint density at radius 1 is 1.64 bits per heavy atom. The third-order valence-electron chi connectivity index (χ3n) is 1.36. The summed E-state index contributed by atoms with van der Waals surface area (Å²) in [6, 6.07) is 1.90. The minimum Gasteiger partial charge on any atom is -0.367 e. The highest BCUT2D eigenvalue weighted by molar-refractivity contribution is 5.79. The molecule has 0 saturated carbocycles. The Labute approximate surface area is 64.7 Å². The topological polar surface area (TPSA) is 82.2 Å². The number of nitrogens with two attached hydrogens (primary N) is 2. The van der Waals surface area contributed by atoms with E-state index in [4.69, 9.17) is 11.6 Å². The van der Waals surface area contributed by atoms with Crippen molar-refractivity contribution in [2.75, 3.05) is 0 Å². The van der Waals surface area contributed by atoms with E-state index in [0.717, 1.165) is 11.4 Å². The molecular weight excluding hydrogens is 142 g/mol. The van der Waals surface area contributed by atoms with Gasteiger partial charge in [-0.3, -0.25) is 0 Å². The fourth-order valence-corrected chi connectivity index (χ4v) is 0.916. The van der Waals surface area contributed by atoms with Gasteiger partial charge in [-0.2, -0.15) is 5.10 Å². The predicted molar refractivity (Wildman–Crippen MR) is 42.9 cm³/mol. The van der Waals surface area contributed by atoms with E-state index in [0.29, 0.717) is 0 Å². The number of nitrogens with zero attached hydrogens (tertiary/aromatic N) is 3. The molecule has 0 unspecified atom stereocenters. The molecule has 4 N–H and O–H groups in total. The molecule has 0 aliphatic carbocycles. The van der Waals surface area contributed by atoms with Crippen molar-refractivity contribution >= 4 is 5.96 Å². The van der Waals surface area contributed by atoms with Gasteiger partial charge in [-0.15, -0.1) is 5.10 Å². The lowest BCUT2D eigenvalue weighted by molar-refractivity contribution is 0.861. The quantitative estimate of drug-likeness (QED) is 0.229. The van der Waals surface area contributed by atoms with Crippen molar-refractivity contribution in [2.45, 2.75) is 13.8 Å².